The molecular formula is C13H10ClN3O. The fourth-order valence-corrected chi connectivity index (χ4v) is 1.62. The van der Waals surface area contributed by atoms with Crippen LogP contribution in [0.4, 0.5) is 5.69 Å². The zero-order valence-corrected chi connectivity index (χ0v) is 10.2. The summed E-state index contributed by atoms with van der Waals surface area (Å²) in [6, 6.07) is 10.9. The van der Waals surface area contributed by atoms with E-state index in [0.717, 1.165) is 5.56 Å². The minimum atomic E-state index is 0.255. The van der Waals surface area contributed by atoms with Gasteiger partial charge in [0.25, 0.3) is 0 Å². The number of benzene rings is 1. The van der Waals surface area contributed by atoms with E-state index in [2.05, 4.69) is 4.98 Å². The van der Waals surface area contributed by atoms with Gasteiger partial charge in [-0.3, -0.25) is 0 Å². The molecule has 0 spiro atoms. The predicted molar refractivity (Wildman–Crippen MR) is 69.1 cm³/mol. The molecule has 90 valence electrons. The third-order valence-corrected chi connectivity index (χ3v) is 2.68. The van der Waals surface area contributed by atoms with Crippen LogP contribution >= 0.6 is 11.6 Å². The number of nitrogens with zero attached hydrogens (tertiary/aromatic N) is 2. The van der Waals surface area contributed by atoms with Gasteiger partial charge < -0.3 is 10.5 Å². The van der Waals surface area contributed by atoms with E-state index < -0.39 is 0 Å². The van der Waals surface area contributed by atoms with Crippen molar-refractivity contribution in [2.75, 3.05) is 5.73 Å². The van der Waals surface area contributed by atoms with Crippen molar-refractivity contribution in [3.63, 3.8) is 0 Å². The smallest absolute Gasteiger partial charge is 0.232 e. The predicted octanol–water partition coefficient (Wildman–Crippen LogP) is 2.77. The van der Waals surface area contributed by atoms with Crippen molar-refractivity contribution in [2.24, 2.45) is 0 Å². The average molecular weight is 260 g/mol. The summed E-state index contributed by atoms with van der Waals surface area (Å²) >= 11 is 6.00. The molecule has 18 heavy (non-hydrogen) atoms. The van der Waals surface area contributed by atoms with Crippen molar-refractivity contribution in [1.82, 2.24) is 4.98 Å². The molecule has 0 aliphatic carbocycles. The zero-order valence-electron chi connectivity index (χ0n) is 9.43. The van der Waals surface area contributed by atoms with E-state index in [1.165, 1.54) is 12.3 Å². The highest BCUT2D eigenvalue weighted by Gasteiger charge is 2.07. The quantitative estimate of drug-likeness (QED) is 0.920. The minimum absolute atomic E-state index is 0.255. The van der Waals surface area contributed by atoms with Gasteiger partial charge in [-0.1, -0.05) is 29.8 Å². The molecule has 2 rings (SSSR count). The van der Waals surface area contributed by atoms with Crippen LogP contribution in [0.1, 0.15) is 11.1 Å². The second-order valence-electron chi connectivity index (χ2n) is 3.61. The van der Waals surface area contributed by atoms with Gasteiger partial charge >= 0.3 is 0 Å². The van der Waals surface area contributed by atoms with E-state index in [4.69, 9.17) is 27.3 Å². The summed E-state index contributed by atoms with van der Waals surface area (Å²) in [6.07, 6.45) is 1.45. The second-order valence-corrected chi connectivity index (χ2v) is 4.02. The molecule has 0 aliphatic rings. The lowest BCUT2D eigenvalue weighted by Crippen LogP contribution is -2.01. The van der Waals surface area contributed by atoms with Gasteiger partial charge in [-0.2, -0.15) is 5.26 Å². The highest BCUT2D eigenvalue weighted by atomic mass is 35.5. The number of hydrogen-bond donors (Lipinski definition) is 1. The Labute approximate surface area is 110 Å². The van der Waals surface area contributed by atoms with Crippen LogP contribution in [-0.4, -0.2) is 4.98 Å². The molecule has 1 aromatic heterocycles. The first kappa shape index (κ1) is 12.2. The molecule has 4 nitrogen and oxygen atoms in total. The Morgan fingerprint density at radius 2 is 2.17 bits per heavy atom. The van der Waals surface area contributed by atoms with E-state index in [-0.39, 0.29) is 12.5 Å². The van der Waals surface area contributed by atoms with Gasteiger partial charge in [0.15, 0.2) is 0 Å². The Balaban J connectivity index is 2.16. The lowest BCUT2D eigenvalue weighted by molar-refractivity contribution is 0.293. The van der Waals surface area contributed by atoms with Crippen LogP contribution in [-0.2, 0) is 6.61 Å². The molecule has 1 heterocycles. The Morgan fingerprint density at radius 1 is 1.39 bits per heavy atom. The van der Waals surface area contributed by atoms with Gasteiger partial charge in [-0.25, -0.2) is 4.98 Å². The summed E-state index contributed by atoms with van der Waals surface area (Å²) in [5, 5.41) is 9.56. The van der Waals surface area contributed by atoms with Crippen molar-refractivity contribution in [3.05, 3.63) is 52.7 Å². The highest BCUT2D eigenvalue weighted by Crippen LogP contribution is 2.20. The molecular weight excluding hydrogens is 250 g/mol. The van der Waals surface area contributed by atoms with E-state index in [1.807, 2.05) is 24.3 Å². The van der Waals surface area contributed by atoms with Crippen molar-refractivity contribution in [3.8, 4) is 11.9 Å². The van der Waals surface area contributed by atoms with Crippen molar-refractivity contribution >= 4 is 17.3 Å². The second kappa shape index (κ2) is 5.39. The summed E-state index contributed by atoms with van der Waals surface area (Å²) < 4.78 is 5.48. The normalized spacial score (nSPS) is 9.78. The van der Waals surface area contributed by atoms with Gasteiger partial charge in [0, 0.05) is 10.6 Å². The monoisotopic (exact) mass is 259 g/mol. The summed E-state index contributed by atoms with van der Waals surface area (Å²) in [6.45, 7) is 0.255. The zero-order chi connectivity index (χ0) is 13.0. The van der Waals surface area contributed by atoms with Crippen LogP contribution in [0.15, 0.2) is 36.5 Å². The van der Waals surface area contributed by atoms with Crippen LogP contribution in [0.25, 0.3) is 0 Å². The number of pyridine rings is 1. The van der Waals surface area contributed by atoms with Gasteiger partial charge in [-0.15, -0.1) is 0 Å². The van der Waals surface area contributed by atoms with Crippen molar-refractivity contribution < 1.29 is 4.74 Å². The maximum absolute atomic E-state index is 8.94. The highest BCUT2D eigenvalue weighted by molar-refractivity contribution is 6.31. The average Bonchev–Trinajstić information content (AvgIpc) is 2.39. The molecule has 5 heteroatoms. The third kappa shape index (κ3) is 2.70. The van der Waals surface area contributed by atoms with Gasteiger partial charge in [0.05, 0.1) is 11.9 Å². The van der Waals surface area contributed by atoms with Crippen molar-refractivity contribution in [2.45, 2.75) is 6.61 Å². The van der Waals surface area contributed by atoms with Gasteiger partial charge in [0.1, 0.15) is 18.2 Å². The Kier molecular flexibility index (Phi) is 3.66. The van der Waals surface area contributed by atoms with Crippen LogP contribution in [0, 0.1) is 11.3 Å². The number of aromatic nitrogens is 1. The standard InChI is InChI=1S/C13H10ClN3O/c14-12-4-2-1-3-9(12)8-18-13-10(6-15)5-11(16)7-17-13/h1-5,7H,8,16H2. The molecule has 2 aromatic rings. The topological polar surface area (TPSA) is 71.9 Å². The number of ether oxygens (including phenoxy) is 1. The number of nitrogens with two attached hydrogens (primary N) is 1. The first-order chi connectivity index (χ1) is 8.70. The molecule has 0 radical (unpaired) electrons. The molecule has 0 aliphatic heterocycles. The summed E-state index contributed by atoms with van der Waals surface area (Å²) in [7, 11) is 0. The first-order valence-corrected chi connectivity index (χ1v) is 5.60. The molecule has 1 aromatic carbocycles. The summed E-state index contributed by atoms with van der Waals surface area (Å²) in [4.78, 5) is 3.98. The first-order valence-electron chi connectivity index (χ1n) is 5.22. The molecule has 0 saturated heterocycles. The van der Waals surface area contributed by atoms with E-state index in [1.54, 1.807) is 6.07 Å². The van der Waals surface area contributed by atoms with Gasteiger partial charge in [0.2, 0.25) is 5.88 Å². The largest absolute Gasteiger partial charge is 0.472 e. The number of rotatable bonds is 3. The molecule has 0 saturated carbocycles. The van der Waals surface area contributed by atoms with Crippen molar-refractivity contribution in [1.29, 1.82) is 5.26 Å². The molecule has 0 bridgehead atoms. The lowest BCUT2D eigenvalue weighted by Gasteiger charge is -2.08. The van der Waals surface area contributed by atoms with Crippen LogP contribution in [0.2, 0.25) is 5.02 Å². The maximum atomic E-state index is 8.94. The molecule has 0 amide bonds. The SMILES string of the molecule is N#Cc1cc(N)cnc1OCc1ccccc1Cl. The Morgan fingerprint density at radius 3 is 2.89 bits per heavy atom. The van der Waals surface area contributed by atoms with E-state index in [9.17, 15) is 0 Å². The third-order valence-electron chi connectivity index (χ3n) is 2.31. The maximum Gasteiger partial charge on any atom is 0.232 e. The molecule has 0 fully saturated rings. The molecule has 2 N–H and O–H groups in total. The number of halogens is 1. The van der Waals surface area contributed by atoms with Gasteiger partial charge in [-0.05, 0) is 12.1 Å². The Bertz CT molecular complexity index is 607. The van der Waals surface area contributed by atoms with E-state index in [0.29, 0.717) is 16.3 Å². The molecule has 0 atom stereocenters. The van der Waals surface area contributed by atoms with E-state index >= 15 is 0 Å². The Hall–Kier alpha value is -2.25. The van der Waals surface area contributed by atoms with Crippen LogP contribution in [0.3, 0.4) is 0 Å². The number of anilines is 1. The summed E-state index contributed by atoms with van der Waals surface area (Å²) in [5.74, 6) is 0.256. The molecule has 0 unspecified atom stereocenters. The number of nitrogen functional groups attached to an aromatic ring is 1. The lowest BCUT2D eigenvalue weighted by atomic mass is 10.2. The fraction of sp³-hybridized carbons (Fsp3) is 0.0769. The number of nitriles is 1. The summed E-state index contributed by atoms with van der Waals surface area (Å²) in [5.41, 5.74) is 7.11. The number of hydrogen-bond acceptors (Lipinski definition) is 4. The minimum Gasteiger partial charge on any atom is -0.472 e. The van der Waals surface area contributed by atoms with Crippen LogP contribution in [0.5, 0.6) is 5.88 Å². The fourth-order valence-electron chi connectivity index (χ4n) is 1.43. The van der Waals surface area contributed by atoms with Crippen LogP contribution < -0.4 is 10.5 Å².